The van der Waals surface area contributed by atoms with Gasteiger partial charge in [-0.3, -0.25) is 9.47 Å². The number of ether oxygens (including phenoxy) is 4. The van der Waals surface area contributed by atoms with Crippen LogP contribution in [0.25, 0.3) is 0 Å². The highest BCUT2D eigenvalue weighted by molar-refractivity contribution is 5.21. The van der Waals surface area contributed by atoms with Gasteiger partial charge >= 0.3 is 6.16 Å². The predicted molar refractivity (Wildman–Crippen MR) is 79.9 cm³/mol. The Labute approximate surface area is 126 Å². The van der Waals surface area contributed by atoms with Gasteiger partial charge < -0.3 is 14.6 Å². The first kappa shape index (κ1) is 17.9. The highest BCUT2D eigenvalue weighted by atomic mass is 17.0. The van der Waals surface area contributed by atoms with E-state index in [1.807, 2.05) is 32.0 Å². The minimum atomic E-state index is -2.08. The summed E-state index contributed by atoms with van der Waals surface area (Å²) >= 11 is 0. The van der Waals surface area contributed by atoms with Gasteiger partial charge in [-0.1, -0.05) is 38.5 Å². The number of hydrogen-bond donors (Lipinski definition) is 1. The van der Waals surface area contributed by atoms with Crippen LogP contribution in [-0.4, -0.2) is 37.7 Å². The highest BCUT2D eigenvalue weighted by Gasteiger charge is 2.32. The number of para-hydroxylation sites is 1. The molecule has 1 unspecified atom stereocenters. The van der Waals surface area contributed by atoms with Crippen molar-refractivity contribution in [3.63, 3.8) is 0 Å². The lowest BCUT2D eigenvalue weighted by Gasteiger charge is -2.27. The van der Waals surface area contributed by atoms with Crippen LogP contribution in [0.5, 0.6) is 5.75 Å². The summed E-state index contributed by atoms with van der Waals surface area (Å²) in [6.45, 7) is 5.66. The van der Waals surface area contributed by atoms with E-state index in [2.05, 4.69) is 0 Å². The third-order valence-corrected chi connectivity index (χ3v) is 2.63. The van der Waals surface area contributed by atoms with E-state index in [9.17, 15) is 5.11 Å². The minimum absolute atomic E-state index is 0.190. The molecule has 0 fully saturated rings. The molecule has 0 spiro atoms. The van der Waals surface area contributed by atoms with Crippen LogP contribution in [-0.2, 0) is 14.2 Å². The van der Waals surface area contributed by atoms with Gasteiger partial charge in [-0.25, -0.2) is 0 Å². The minimum Gasteiger partial charge on any atom is -0.417 e. The van der Waals surface area contributed by atoms with Crippen LogP contribution in [0.4, 0.5) is 0 Å². The van der Waals surface area contributed by atoms with Gasteiger partial charge in [0.15, 0.2) is 0 Å². The van der Waals surface area contributed by atoms with Gasteiger partial charge in [0.25, 0.3) is 0 Å². The smallest absolute Gasteiger partial charge is 0.417 e. The second-order valence-corrected chi connectivity index (χ2v) is 4.60. The van der Waals surface area contributed by atoms with E-state index in [0.717, 1.165) is 19.3 Å². The molecule has 0 heterocycles. The number of benzene rings is 1. The van der Waals surface area contributed by atoms with Crippen LogP contribution >= 0.6 is 0 Å². The van der Waals surface area contributed by atoms with Crippen LogP contribution in [0.2, 0.25) is 0 Å². The van der Waals surface area contributed by atoms with Crippen molar-refractivity contribution in [1.82, 2.24) is 0 Å². The summed E-state index contributed by atoms with van der Waals surface area (Å²) < 4.78 is 21.4. The summed E-state index contributed by atoms with van der Waals surface area (Å²) in [5, 5.41) is 10.3. The summed E-state index contributed by atoms with van der Waals surface area (Å²) in [6, 6.07) is 8.94. The lowest BCUT2D eigenvalue weighted by molar-refractivity contribution is -0.456. The molecule has 0 radical (unpaired) electrons. The van der Waals surface area contributed by atoms with Gasteiger partial charge in [0.05, 0.1) is 19.8 Å². The van der Waals surface area contributed by atoms with Crippen molar-refractivity contribution < 1.29 is 24.1 Å². The molecule has 1 aromatic carbocycles. The maximum absolute atomic E-state index is 10.3. The number of unbranched alkanes of at least 4 members (excludes halogenated alkanes) is 1. The molecule has 5 heteroatoms. The van der Waals surface area contributed by atoms with Crippen LogP contribution in [0.15, 0.2) is 30.3 Å². The molecule has 1 rings (SSSR count). The Balaban J connectivity index is 2.48. The molecule has 1 N–H and O–H groups in total. The van der Waals surface area contributed by atoms with Crippen molar-refractivity contribution in [2.75, 3.05) is 26.4 Å². The molecule has 21 heavy (non-hydrogen) atoms. The zero-order valence-corrected chi connectivity index (χ0v) is 12.9. The second kappa shape index (κ2) is 10.6. The molecule has 0 aliphatic heterocycles. The van der Waals surface area contributed by atoms with Gasteiger partial charge in [-0.05, 0) is 25.0 Å². The van der Waals surface area contributed by atoms with Gasteiger partial charge in [-0.2, -0.15) is 0 Å². The maximum Gasteiger partial charge on any atom is 0.458 e. The first-order chi connectivity index (χ1) is 10.2. The van der Waals surface area contributed by atoms with E-state index >= 15 is 0 Å². The molecule has 1 aromatic rings. The monoisotopic (exact) mass is 298 g/mol. The Morgan fingerprint density at radius 1 is 0.905 bits per heavy atom. The molecule has 0 aliphatic rings. The third kappa shape index (κ3) is 8.02. The quantitative estimate of drug-likeness (QED) is 0.475. The standard InChI is InChI=1S/C16H26O5/c1-3-5-12-19-16(17,20-14-13-18-11-4-2)21-15-9-7-6-8-10-15/h6-10,17H,3-5,11-14H2,1-2H3. The molecule has 5 nitrogen and oxygen atoms in total. The Kier molecular flexibility index (Phi) is 9.01. The average Bonchev–Trinajstić information content (AvgIpc) is 2.48. The topological polar surface area (TPSA) is 57.2 Å². The second-order valence-electron chi connectivity index (χ2n) is 4.60. The molecule has 120 valence electrons. The van der Waals surface area contributed by atoms with Crippen LogP contribution < -0.4 is 4.74 Å². The SMILES string of the molecule is CCCCOC(O)(OCCOCCC)Oc1ccccc1. The van der Waals surface area contributed by atoms with Crippen molar-refractivity contribution in [3.8, 4) is 5.75 Å². The fourth-order valence-corrected chi connectivity index (χ4v) is 1.56. The van der Waals surface area contributed by atoms with E-state index in [4.69, 9.17) is 18.9 Å². The molecule has 0 amide bonds. The van der Waals surface area contributed by atoms with E-state index < -0.39 is 6.16 Å². The Morgan fingerprint density at radius 2 is 1.62 bits per heavy atom. The van der Waals surface area contributed by atoms with Crippen molar-refractivity contribution in [2.45, 2.75) is 39.3 Å². The number of aliphatic hydroxyl groups is 1. The third-order valence-electron chi connectivity index (χ3n) is 2.63. The zero-order chi connectivity index (χ0) is 15.4. The van der Waals surface area contributed by atoms with Gasteiger partial charge in [0.1, 0.15) is 5.75 Å². The van der Waals surface area contributed by atoms with E-state index in [1.165, 1.54) is 0 Å². The van der Waals surface area contributed by atoms with Gasteiger partial charge in [0.2, 0.25) is 0 Å². The molecule has 0 aromatic heterocycles. The van der Waals surface area contributed by atoms with Crippen LogP contribution in [0.3, 0.4) is 0 Å². The largest absolute Gasteiger partial charge is 0.458 e. The first-order valence-corrected chi connectivity index (χ1v) is 7.52. The van der Waals surface area contributed by atoms with E-state index in [0.29, 0.717) is 25.6 Å². The maximum atomic E-state index is 10.3. The van der Waals surface area contributed by atoms with Gasteiger partial charge in [-0.15, -0.1) is 0 Å². The van der Waals surface area contributed by atoms with Crippen molar-refractivity contribution in [1.29, 1.82) is 0 Å². The highest BCUT2D eigenvalue weighted by Crippen LogP contribution is 2.19. The van der Waals surface area contributed by atoms with Crippen molar-refractivity contribution >= 4 is 0 Å². The van der Waals surface area contributed by atoms with Crippen molar-refractivity contribution in [3.05, 3.63) is 30.3 Å². The van der Waals surface area contributed by atoms with E-state index in [1.54, 1.807) is 12.1 Å². The summed E-state index contributed by atoms with van der Waals surface area (Å²) in [7, 11) is 0. The molecular weight excluding hydrogens is 272 g/mol. The van der Waals surface area contributed by atoms with Crippen molar-refractivity contribution in [2.24, 2.45) is 0 Å². The molecule has 1 atom stereocenters. The molecule has 0 saturated carbocycles. The zero-order valence-electron chi connectivity index (χ0n) is 12.9. The molecule has 0 bridgehead atoms. The van der Waals surface area contributed by atoms with Crippen LogP contribution in [0, 0.1) is 0 Å². The molecule has 0 aliphatic carbocycles. The van der Waals surface area contributed by atoms with Gasteiger partial charge in [0, 0.05) is 6.61 Å². The molecular formula is C16H26O5. The number of hydrogen-bond acceptors (Lipinski definition) is 5. The van der Waals surface area contributed by atoms with Crippen LogP contribution in [0.1, 0.15) is 33.1 Å². The summed E-state index contributed by atoms with van der Waals surface area (Å²) in [6.07, 6.45) is 0.640. The Hall–Kier alpha value is -1.14. The Morgan fingerprint density at radius 3 is 2.29 bits per heavy atom. The number of rotatable bonds is 12. The fourth-order valence-electron chi connectivity index (χ4n) is 1.56. The summed E-state index contributed by atoms with van der Waals surface area (Å²) in [5.41, 5.74) is 0. The lowest BCUT2D eigenvalue weighted by Crippen LogP contribution is -2.43. The predicted octanol–water partition coefficient (Wildman–Crippen LogP) is 2.93. The van der Waals surface area contributed by atoms with E-state index in [-0.39, 0.29) is 6.61 Å². The molecule has 0 saturated heterocycles. The first-order valence-electron chi connectivity index (χ1n) is 7.52. The average molecular weight is 298 g/mol. The Bertz CT molecular complexity index is 357. The lowest BCUT2D eigenvalue weighted by atomic mass is 10.3. The summed E-state index contributed by atoms with van der Waals surface area (Å²) in [4.78, 5) is 0. The fraction of sp³-hybridized carbons (Fsp3) is 0.625. The summed E-state index contributed by atoms with van der Waals surface area (Å²) in [5.74, 6) is 0.478. The normalized spacial score (nSPS) is 13.9.